The van der Waals surface area contributed by atoms with Crippen LogP contribution in [0.4, 0.5) is 0 Å². The summed E-state index contributed by atoms with van der Waals surface area (Å²) in [7, 11) is 0. The van der Waals surface area contributed by atoms with Crippen LogP contribution in [-0.2, 0) is 19.1 Å². The maximum Gasteiger partial charge on any atom is 0.344 e. The van der Waals surface area contributed by atoms with E-state index in [1.165, 1.54) is 11.8 Å². The zero-order valence-electron chi connectivity index (χ0n) is 16.1. The minimum Gasteiger partial charge on any atom is -0.463 e. The highest BCUT2D eigenvalue weighted by Crippen LogP contribution is 2.45. The van der Waals surface area contributed by atoms with Crippen LogP contribution in [0.3, 0.4) is 0 Å². The standard InChI is InChI=1S/C21H22O4S/c1-4-24-18(22)14-17(15-10-6-7-11-15)19(16-12-8-9-13-16)20(26-3)21(23)25-5-2/h6-14H,4-5H2,1-3H3/b17-14-,20-19+/i14D. The topological polar surface area (TPSA) is 52.6 Å². The van der Waals surface area contributed by atoms with E-state index in [4.69, 9.17) is 10.8 Å². The maximum absolute atomic E-state index is 12.6. The Morgan fingerprint density at radius 2 is 1.54 bits per heavy atom. The molecule has 2 saturated carbocycles. The average molecular weight is 371 g/mol. The van der Waals surface area contributed by atoms with E-state index < -0.39 is 11.9 Å². The molecule has 0 N–H and O–H groups in total. The molecular weight excluding hydrogens is 348 g/mol. The molecule has 0 atom stereocenters. The third-order valence-corrected chi connectivity index (χ3v) is 4.33. The molecule has 0 spiro atoms. The molecule has 4 nitrogen and oxygen atoms in total. The molecule has 2 aliphatic carbocycles. The lowest BCUT2D eigenvalue weighted by Crippen LogP contribution is -2.17. The Morgan fingerprint density at radius 3 is 2.04 bits per heavy atom. The van der Waals surface area contributed by atoms with Crippen LogP contribution in [-0.4, -0.2) is 31.4 Å². The number of allylic oxidation sites excluding steroid dienone is 2. The zero-order chi connectivity index (χ0) is 19.8. The summed E-state index contributed by atoms with van der Waals surface area (Å²) in [6.07, 6.45) is 16.4. The van der Waals surface area contributed by atoms with E-state index in [0.717, 1.165) is 5.92 Å². The lowest BCUT2D eigenvalue weighted by molar-refractivity contribution is -0.138. The van der Waals surface area contributed by atoms with Crippen molar-refractivity contribution in [3.05, 3.63) is 85.3 Å². The minimum absolute atomic E-state index is 0.165. The van der Waals surface area contributed by atoms with E-state index >= 15 is 0 Å². The SMILES string of the molecule is [2H]/C(C(=O)OCC)=C([C]1[CH][CH][CH][CH]1)/C([C]1[CH][CH][CH][CH]1)=C(/SC)C(=O)OCC. The Hall–Kier alpha value is -1.23. The van der Waals surface area contributed by atoms with Gasteiger partial charge in [0.2, 0.25) is 0 Å². The van der Waals surface area contributed by atoms with Gasteiger partial charge >= 0.3 is 11.9 Å². The zero-order valence-corrected chi connectivity index (χ0v) is 15.9. The number of hydrogen-bond acceptors (Lipinski definition) is 5. The Balaban J connectivity index is 2.63. The number of esters is 2. The maximum atomic E-state index is 12.6. The van der Waals surface area contributed by atoms with Crippen LogP contribution in [0, 0.1) is 63.2 Å². The van der Waals surface area contributed by atoms with Gasteiger partial charge in [0.05, 0.1) is 19.5 Å². The smallest absolute Gasteiger partial charge is 0.344 e. The van der Waals surface area contributed by atoms with Crippen LogP contribution in [0.15, 0.2) is 22.1 Å². The highest BCUT2D eigenvalue weighted by molar-refractivity contribution is 8.03. The number of hydrogen-bond donors (Lipinski definition) is 0. The van der Waals surface area contributed by atoms with Crippen molar-refractivity contribution in [3.8, 4) is 0 Å². The van der Waals surface area contributed by atoms with E-state index in [-0.39, 0.29) is 19.3 Å². The Labute approximate surface area is 163 Å². The summed E-state index contributed by atoms with van der Waals surface area (Å²) < 4.78 is 18.7. The molecule has 0 amide bonds. The first kappa shape index (κ1) is 19.5. The van der Waals surface area contributed by atoms with E-state index in [0.29, 0.717) is 22.0 Å². The van der Waals surface area contributed by atoms with E-state index in [9.17, 15) is 9.59 Å². The van der Waals surface area contributed by atoms with Crippen molar-refractivity contribution in [2.75, 3.05) is 19.5 Å². The summed E-state index contributed by atoms with van der Waals surface area (Å²) in [6, 6.07) is -0.296. The third-order valence-electron chi connectivity index (χ3n) is 3.55. The molecular formula is C21H22O4S. The summed E-state index contributed by atoms with van der Waals surface area (Å²) in [5.41, 5.74) is 0.845. The fourth-order valence-corrected chi connectivity index (χ4v) is 3.15. The molecule has 10 radical (unpaired) electrons. The van der Waals surface area contributed by atoms with Gasteiger partial charge in [0.1, 0.15) is 0 Å². The van der Waals surface area contributed by atoms with Crippen LogP contribution < -0.4 is 0 Å². The molecule has 2 rings (SSSR count). The molecule has 0 bridgehead atoms. The first-order chi connectivity index (χ1) is 13.0. The number of carbonyl (C=O) groups excluding carboxylic acids is 2. The van der Waals surface area contributed by atoms with Gasteiger partial charge in [0.15, 0.2) is 0 Å². The third kappa shape index (κ3) is 5.38. The number of rotatable bonds is 8. The quantitative estimate of drug-likeness (QED) is 0.371. The monoisotopic (exact) mass is 371 g/mol. The van der Waals surface area contributed by atoms with Gasteiger partial charge in [-0.15, -0.1) is 11.8 Å². The molecule has 0 aromatic heterocycles. The van der Waals surface area contributed by atoms with Crippen LogP contribution >= 0.6 is 11.8 Å². The van der Waals surface area contributed by atoms with Crippen molar-refractivity contribution >= 4 is 23.7 Å². The minimum atomic E-state index is -0.734. The second-order valence-corrected chi connectivity index (χ2v) is 6.01. The Bertz CT molecular complexity index is 599. The van der Waals surface area contributed by atoms with Crippen LogP contribution in [0.25, 0.3) is 0 Å². The molecule has 0 unspecified atom stereocenters. The number of carbonyl (C=O) groups is 2. The lowest BCUT2D eigenvalue weighted by Gasteiger charge is -2.24. The second-order valence-electron chi connectivity index (χ2n) is 5.20. The van der Waals surface area contributed by atoms with Crippen molar-refractivity contribution in [2.24, 2.45) is 0 Å². The van der Waals surface area contributed by atoms with Crippen molar-refractivity contribution in [2.45, 2.75) is 13.8 Å². The van der Waals surface area contributed by atoms with Gasteiger partial charge in [-0.2, -0.15) is 0 Å². The fraction of sp³-hybridized carbons (Fsp3) is 0.238. The largest absolute Gasteiger partial charge is 0.463 e. The predicted molar refractivity (Wildman–Crippen MR) is 103 cm³/mol. The highest BCUT2D eigenvalue weighted by atomic mass is 32.2. The van der Waals surface area contributed by atoms with Gasteiger partial charge in [-0.1, -0.05) is 0 Å². The summed E-state index contributed by atoms with van der Waals surface area (Å²) >= 11 is 1.23. The highest BCUT2D eigenvalue weighted by Gasteiger charge is 2.34. The molecule has 0 heterocycles. The predicted octanol–water partition coefficient (Wildman–Crippen LogP) is 3.47. The van der Waals surface area contributed by atoms with Crippen molar-refractivity contribution in [3.63, 3.8) is 0 Å². The number of ether oxygens (including phenoxy) is 2. The van der Waals surface area contributed by atoms with E-state index in [2.05, 4.69) is 0 Å². The van der Waals surface area contributed by atoms with Crippen molar-refractivity contribution in [1.82, 2.24) is 0 Å². The van der Waals surface area contributed by atoms with Crippen LogP contribution in [0.1, 0.15) is 15.2 Å². The number of thioether (sulfide) groups is 1. The first-order valence-corrected chi connectivity index (χ1v) is 9.55. The van der Waals surface area contributed by atoms with Crippen LogP contribution in [0.5, 0.6) is 0 Å². The van der Waals surface area contributed by atoms with Gasteiger partial charge in [-0.3, -0.25) is 0 Å². The molecule has 26 heavy (non-hydrogen) atoms. The molecule has 0 aromatic rings. The Kier molecular flexibility index (Phi) is 8.12. The fourth-order valence-electron chi connectivity index (χ4n) is 2.50. The van der Waals surface area contributed by atoms with E-state index in [1.807, 2.05) is 38.5 Å². The normalized spacial score (nSPS) is 21.1. The lowest BCUT2D eigenvalue weighted by atomic mass is 9.82. The first-order valence-electron chi connectivity index (χ1n) is 8.83. The molecule has 0 aromatic carbocycles. The molecule has 2 fully saturated rings. The van der Waals surface area contributed by atoms with Gasteiger partial charge in [-0.25, -0.2) is 9.59 Å². The second kappa shape index (κ2) is 10.8. The molecule has 5 heteroatoms. The summed E-state index contributed by atoms with van der Waals surface area (Å²) in [6.45, 7) is 3.82. The molecule has 136 valence electrons. The van der Waals surface area contributed by atoms with Gasteiger partial charge in [0.25, 0.3) is 0 Å². The summed E-state index contributed by atoms with van der Waals surface area (Å²) in [5, 5.41) is 0. The summed E-state index contributed by atoms with van der Waals surface area (Å²) in [4.78, 5) is 25.3. The molecule has 2 aliphatic rings. The summed E-state index contributed by atoms with van der Waals surface area (Å²) in [5.74, 6) is 0.182. The average Bonchev–Trinajstić information content (AvgIpc) is 3.35. The van der Waals surface area contributed by atoms with Crippen LogP contribution in [0.2, 0.25) is 0 Å². The van der Waals surface area contributed by atoms with E-state index in [1.54, 1.807) is 32.9 Å². The van der Waals surface area contributed by atoms with Gasteiger partial charge in [0, 0.05) is 17.9 Å². The Morgan fingerprint density at radius 1 is 1.00 bits per heavy atom. The van der Waals surface area contributed by atoms with Crippen molar-refractivity contribution < 1.29 is 20.4 Å². The van der Waals surface area contributed by atoms with Gasteiger partial charge in [-0.05, 0) is 82.6 Å². The molecule has 0 aliphatic heterocycles. The molecule has 0 saturated heterocycles. The van der Waals surface area contributed by atoms with Gasteiger partial charge < -0.3 is 9.47 Å². The van der Waals surface area contributed by atoms with Crippen molar-refractivity contribution in [1.29, 1.82) is 0 Å².